The third-order valence-electron chi connectivity index (χ3n) is 3.01. The molecule has 0 radical (unpaired) electrons. The van der Waals surface area contributed by atoms with Crippen molar-refractivity contribution in [2.75, 3.05) is 6.61 Å². The highest BCUT2D eigenvalue weighted by Gasteiger charge is 2.20. The van der Waals surface area contributed by atoms with Gasteiger partial charge in [-0.2, -0.15) is 0 Å². The van der Waals surface area contributed by atoms with Gasteiger partial charge in [-0.15, -0.1) is 0 Å². The number of nitrogens with one attached hydrogen (secondary N) is 1. The number of carboxylic acids is 1. The van der Waals surface area contributed by atoms with Gasteiger partial charge in [-0.05, 0) is 12.3 Å². The minimum atomic E-state index is -1.24. The number of carboxylic acid groups (broad SMARTS) is 1. The first-order chi connectivity index (χ1) is 10.5. The normalized spacial score (nSPS) is 11.2. The van der Waals surface area contributed by atoms with Gasteiger partial charge in [0.25, 0.3) is 0 Å². The zero-order valence-electron chi connectivity index (χ0n) is 13.1. The molecule has 124 valence electrons. The highest BCUT2D eigenvalue weighted by Crippen LogP contribution is 2.03. The first kappa shape index (κ1) is 20.1. The number of amides is 1. The number of rotatable bonds is 11. The topological polar surface area (TPSA) is 104 Å². The van der Waals surface area contributed by atoms with Crippen LogP contribution in [0.5, 0.6) is 0 Å². The molecule has 1 amide bonds. The number of ketones is 1. The van der Waals surface area contributed by atoms with E-state index in [0.717, 1.165) is 19.3 Å². The van der Waals surface area contributed by atoms with Crippen molar-refractivity contribution in [3.05, 3.63) is 0 Å². The van der Waals surface area contributed by atoms with E-state index in [-0.39, 0.29) is 13.0 Å². The van der Waals surface area contributed by atoms with Gasteiger partial charge in [0.1, 0.15) is 6.04 Å². The van der Waals surface area contributed by atoms with Crippen LogP contribution in [-0.4, -0.2) is 40.5 Å². The minimum Gasteiger partial charge on any atom is -0.480 e. The Labute approximate surface area is 131 Å². The zero-order chi connectivity index (χ0) is 16.8. The number of unbranched alkanes of at least 4 members (excludes halogenated alkanes) is 5. The fraction of sp³-hybridized carbons (Fsp3) is 0.688. The summed E-state index contributed by atoms with van der Waals surface area (Å²) in [7, 11) is 0. The molecule has 0 saturated carbocycles. The molecular weight excluding hydrogens is 286 g/mol. The average molecular weight is 311 g/mol. The third-order valence-corrected chi connectivity index (χ3v) is 3.01. The molecule has 0 saturated heterocycles. The molecule has 0 aliphatic heterocycles. The van der Waals surface area contributed by atoms with Crippen LogP contribution in [0.15, 0.2) is 0 Å². The molecule has 0 aromatic heterocycles. The van der Waals surface area contributed by atoms with Crippen LogP contribution in [0.1, 0.15) is 58.3 Å². The molecule has 22 heavy (non-hydrogen) atoms. The number of aliphatic hydroxyl groups is 1. The summed E-state index contributed by atoms with van der Waals surface area (Å²) in [5.74, 6) is 2.66. The number of Topliss-reactive ketones (excluding diaryl/α,β-unsaturated/α-hetero) is 1. The molecule has 0 aliphatic carbocycles. The van der Waals surface area contributed by atoms with Gasteiger partial charge in [0, 0.05) is 19.4 Å². The summed E-state index contributed by atoms with van der Waals surface area (Å²) in [5.41, 5.74) is 0. The van der Waals surface area contributed by atoms with E-state index in [4.69, 9.17) is 10.2 Å². The van der Waals surface area contributed by atoms with Crippen LogP contribution in [0, 0.1) is 11.8 Å². The second-order valence-electron chi connectivity index (χ2n) is 5.04. The standard InChI is InChI=1S/C16H25NO5/c1-2-3-4-5-6-7-8-9-13(19)12-15(20)17-14(10-11-18)16(21)22/h14,18H,2-7,10-12H2,1H3,(H,17,20)(H,21,22)/t14-/m0/s1. The first-order valence-corrected chi connectivity index (χ1v) is 7.66. The molecule has 0 heterocycles. The summed E-state index contributed by atoms with van der Waals surface area (Å²) in [5, 5.41) is 19.7. The number of hydrogen-bond acceptors (Lipinski definition) is 4. The summed E-state index contributed by atoms with van der Waals surface area (Å²) >= 11 is 0. The predicted molar refractivity (Wildman–Crippen MR) is 82.0 cm³/mol. The van der Waals surface area contributed by atoms with Crippen molar-refractivity contribution in [3.8, 4) is 11.8 Å². The molecule has 0 rings (SSSR count). The molecule has 0 bridgehead atoms. The molecule has 0 spiro atoms. The van der Waals surface area contributed by atoms with E-state index >= 15 is 0 Å². The molecule has 6 nitrogen and oxygen atoms in total. The lowest BCUT2D eigenvalue weighted by molar-refractivity contribution is -0.142. The van der Waals surface area contributed by atoms with Crippen molar-refractivity contribution >= 4 is 17.7 Å². The van der Waals surface area contributed by atoms with Crippen LogP contribution in [0.4, 0.5) is 0 Å². The van der Waals surface area contributed by atoms with Crippen molar-refractivity contribution in [2.45, 2.75) is 64.3 Å². The number of aliphatic hydroxyl groups excluding tert-OH is 1. The first-order valence-electron chi connectivity index (χ1n) is 7.66. The van der Waals surface area contributed by atoms with E-state index in [1.54, 1.807) is 0 Å². The Hall–Kier alpha value is -1.87. The largest absolute Gasteiger partial charge is 0.480 e. The van der Waals surface area contributed by atoms with Crippen LogP contribution >= 0.6 is 0 Å². The molecule has 6 heteroatoms. The fourth-order valence-electron chi connectivity index (χ4n) is 1.80. The van der Waals surface area contributed by atoms with Gasteiger partial charge < -0.3 is 15.5 Å². The fourth-order valence-corrected chi connectivity index (χ4v) is 1.80. The van der Waals surface area contributed by atoms with Crippen LogP contribution < -0.4 is 5.32 Å². The Morgan fingerprint density at radius 2 is 1.82 bits per heavy atom. The van der Waals surface area contributed by atoms with Gasteiger partial charge in [0.05, 0.1) is 6.42 Å². The maximum atomic E-state index is 11.5. The molecule has 0 aromatic carbocycles. The summed E-state index contributed by atoms with van der Waals surface area (Å²) in [4.78, 5) is 33.8. The van der Waals surface area contributed by atoms with Gasteiger partial charge in [0.15, 0.2) is 0 Å². The number of carbonyl (C=O) groups excluding carboxylic acids is 2. The number of carbonyl (C=O) groups is 3. The van der Waals surface area contributed by atoms with Crippen molar-refractivity contribution in [1.29, 1.82) is 0 Å². The van der Waals surface area contributed by atoms with Crippen LogP contribution in [0.3, 0.4) is 0 Å². The maximum Gasteiger partial charge on any atom is 0.326 e. The Bertz CT molecular complexity index is 422. The van der Waals surface area contributed by atoms with Gasteiger partial charge in [-0.1, -0.05) is 38.5 Å². The maximum absolute atomic E-state index is 11.5. The molecule has 0 unspecified atom stereocenters. The molecule has 0 aromatic rings. The van der Waals surface area contributed by atoms with Crippen LogP contribution in [0.2, 0.25) is 0 Å². The lowest BCUT2D eigenvalue weighted by Gasteiger charge is -2.11. The molecule has 1 atom stereocenters. The Morgan fingerprint density at radius 1 is 1.14 bits per heavy atom. The monoisotopic (exact) mass is 311 g/mol. The average Bonchev–Trinajstić information content (AvgIpc) is 2.45. The van der Waals surface area contributed by atoms with Crippen LogP contribution in [-0.2, 0) is 14.4 Å². The number of aliphatic carboxylic acids is 1. The van der Waals surface area contributed by atoms with E-state index < -0.39 is 30.1 Å². The lowest BCUT2D eigenvalue weighted by atomic mass is 10.1. The summed E-state index contributed by atoms with van der Waals surface area (Å²) in [6.07, 6.45) is 5.62. The smallest absolute Gasteiger partial charge is 0.326 e. The van der Waals surface area contributed by atoms with Crippen molar-refractivity contribution < 1.29 is 24.6 Å². The predicted octanol–water partition coefficient (Wildman–Crippen LogP) is 1.26. The molecule has 0 aliphatic rings. The van der Waals surface area contributed by atoms with Gasteiger partial charge >= 0.3 is 5.97 Å². The van der Waals surface area contributed by atoms with Crippen molar-refractivity contribution in [3.63, 3.8) is 0 Å². The Balaban J connectivity index is 4.00. The highest BCUT2D eigenvalue weighted by molar-refractivity contribution is 6.07. The van der Waals surface area contributed by atoms with Gasteiger partial charge in [-0.25, -0.2) is 4.79 Å². The highest BCUT2D eigenvalue weighted by atomic mass is 16.4. The van der Waals surface area contributed by atoms with Gasteiger partial charge in [0.2, 0.25) is 11.7 Å². The quantitative estimate of drug-likeness (QED) is 0.231. The van der Waals surface area contributed by atoms with Crippen molar-refractivity contribution in [1.82, 2.24) is 5.32 Å². The van der Waals surface area contributed by atoms with Gasteiger partial charge in [-0.3, -0.25) is 9.59 Å². The third kappa shape index (κ3) is 10.9. The number of hydrogen-bond donors (Lipinski definition) is 3. The van der Waals surface area contributed by atoms with E-state index in [0.29, 0.717) is 6.42 Å². The molecular formula is C16H25NO5. The Morgan fingerprint density at radius 3 is 2.41 bits per heavy atom. The van der Waals surface area contributed by atoms with Crippen LogP contribution in [0.25, 0.3) is 0 Å². The molecule has 0 fully saturated rings. The van der Waals surface area contributed by atoms with Crippen molar-refractivity contribution in [2.24, 2.45) is 0 Å². The van der Waals surface area contributed by atoms with E-state index in [1.807, 2.05) is 0 Å². The summed E-state index contributed by atoms with van der Waals surface area (Å²) in [6, 6.07) is -1.18. The summed E-state index contributed by atoms with van der Waals surface area (Å²) < 4.78 is 0. The second kappa shape index (κ2) is 12.8. The van der Waals surface area contributed by atoms with E-state index in [9.17, 15) is 14.4 Å². The summed E-state index contributed by atoms with van der Waals surface area (Å²) in [6.45, 7) is 1.78. The Kier molecular flexibility index (Phi) is 11.7. The lowest BCUT2D eigenvalue weighted by Crippen LogP contribution is -2.41. The molecule has 3 N–H and O–H groups in total. The zero-order valence-corrected chi connectivity index (χ0v) is 13.1. The van der Waals surface area contributed by atoms with E-state index in [2.05, 4.69) is 24.1 Å². The minimum absolute atomic E-state index is 0.0985. The second-order valence-corrected chi connectivity index (χ2v) is 5.04. The van der Waals surface area contributed by atoms with E-state index in [1.165, 1.54) is 12.8 Å². The SMILES string of the molecule is CCCCCCCC#CC(=O)CC(=O)N[C@@H](CCO)C(=O)O.